The van der Waals surface area contributed by atoms with E-state index < -0.39 is 49.3 Å². The van der Waals surface area contributed by atoms with Crippen molar-refractivity contribution in [3.05, 3.63) is 0 Å². The maximum Gasteiger partial charge on any atom is 0.311 e. The lowest BCUT2D eigenvalue weighted by molar-refractivity contribution is -0.313. The molecule has 0 bridgehead atoms. The first-order valence-corrected chi connectivity index (χ1v) is 6.62. The van der Waals surface area contributed by atoms with E-state index >= 15 is 0 Å². The van der Waals surface area contributed by atoms with Crippen molar-refractivity contribution >= 4 is 5.97 Å². The number of hydrogen-bond acceptors (Lipinski definition) is 8. The van der Waals surface area contributed by atoms with Crippen LogP contribution in [-0.4, -0.2) is 76.4 Å². The highest BCUT2D eigenvalue weighted by atomic mass is 16.7. The van der Waals surface area contributed by atoms with Crippen molar-refractivity contribution < 1.29 is 39.4 Å². The summed E-state index contributed by atoms with van der Waals surface area (Å²) < 4.78 is 15.6. The van der Waals surface area contributed by atoms with E-state index in [-0.39, 0.29) is 12.6 Å². The third-order valence-electron chi connectivity index (χ3n) is 3.74. The summed E-state index contributed by atoms with van der Waals surface area (Å²) in [4.78, 5) is 11.4. The minimum absolute atomic E-state index is 0.0480. The van der Waals surface area contributed by atoms with Gasteiger partial charge in [-0.2, -0.15) is 0 Å². The van der Waals surface area contributed by atoms with Crippen LogP contribution in [0.3, 0.4) is 0 Å². The van der Waals surface area contributed by atoms with Crippen molar-refractivity contribution in [1.29, 1.82) is 0 Å². The molecule has 2 aliphatic rings. The van der Waals surface area contributed by atoms with E-state index in [0.717, 1.165) is 0 Å². The van der Waals surface area contributed by atoms with Crippen LogP contribution in [0.4, 0.5) is 0 Å². The van der Waals surface area contributed by atoms with Gasteiger partial charge in [-0.25, -0.2) is 0 Å². The predicted molar refractivity (Wildman–Crippen MR) is 63.4 cm³/mol. The average molecular weight is 292 g/mol. The van der Waals surface area contributed by atoms with Crippen molar-refractivity contribution in [2.45, 2.75) is 50.2 Å². The Morgan fingerprint density at radius 3 is 2.55 bits per heavy atom. The molecule has 0 aliphatic carbocycles. The summed E-state index contributed by atoms with van der Waals surface area (Å²) in [6, 6.07) is 0. The van der Waals surface area contributed by atoms with Gasteiger partial charge < -0.3 is 34.6 Å². The van der Waals surface area contributed by atoms with Gasteiger partial charge in [0.1, 0.15) is 37.1 Å². The van der Waals surface area contributed by atoms with Crippen molar-refractivity contribution in [3.63, 3.8) is 0 Å². The van der Waals surface area contributed by atoms with Crippen molar-refractivity contribution in [3.8, 4) is 0 Å². The highest BCUT2D eigenvalue weighted by molar-refractivity contribution is 5.75. The van der Waals surface area contributed by atoms with E-state index in [1.807, 2.05) is 0 Å². The molecule has 20 heavy (non-hydrogen) atoms. The summed E-state index contributed by atoms with van der Waals surface area (Å²) >= 11 is 0. The molecular formula is C12H20O8. The Kier molecular flexibility index (Phi) is 4.95. The first-order chi connectivity index (χ1) is 9.49. The Morgan fingerprint density at radius 2 is 1.95 bits per heavy atom. The highest BCUT2D eigenvalue weighted by Crippen LogP contribution is 2.28. The molecule has 0 saturated carbocycles. The van der Waals surface area contributed by atoms with Gasteiger partial charge in [0.05, 0.1) is 12.5 Å². The maximum absolute atomic E-state index is 11.4. The van der Waals surface area contributed by atoms with E-state index in [0.29, 0.717) is 6.42 Å². The molecule has 2 aliphatic heterocycles. The van der Waals surface area contributed by atoms with Crippen LogP contribution in [0.2, 0.25) is 0 Å². The van der Waals surface area contributed by atoms with Crippen LogP contribution >= 0.6 is 0 Å². The molecule has 0 radical (unpaired) electrons. The van der Waals surface area contributed by atoms with Crippen LogP contribution < -0.4 is 0 Å². The lowest BCUT2D eigenvalue weighted by Gasteiger charge is -2.40. The monoisotopic (exact) mass is 292 g/mol. The molecule has 0 aromatic rings. The van der Waals surface area contributed by atoms with E-state index in [4.69, 9.17) is 19.3 Å². The van der Waals surface area contributed by atoms with E-state index in [2.05, 4.69) is 0 Å². The van der Waals surface area contributed by atoms with Crippen LogP contribution in [0, 0.1) is 5.92 Å². The number of aliphatic hydroxyl groups excluding tert-OH is 4. The Hall–Kier alpha value is -0.770. The second-order valence-corrected chi connectivity index (χ2v) is 5.02. The fourth-order valence-corrected chi connectivity index (χ4v) is 2.46. The third-order valence-corrected chi connectivity index (χ3v) is 3.74. The molecule has 8 nitrogen and oxygen atoms in total. The van der Waals surface area contributed by atoms with Crippen LogP contribution in [0.25, 0.3) is 0 Å². The topological polar surface area (TPSA) is 126 Å². The predicted octanol–water partition coefficient (Wildman–Crippen LogP) is -2.25. The summed E-state index contributed by atoms with van der Waals surface area (Å²) in [5.41, 5.74) is 0. The molecule has 116 valence electrons. The number of carbonyl (C=O) groups is 1. The molecule has 0 aromatic carbocycles. The molecular weight excluding hydrogens is 272 g/mol. The Morgan fingerprint density at radius 1 is 1.25 bits per heavy atom. The first-order valence-electron chi connectivity index (χ1n) is 6.62. The average Bonchev–Trinajstić information content (AvgIpc) is 2.79. The zero-order chi connectivity index (χ0) is 14.9. The van der Waals surface area contributed by atoms with Gasteiger partial charge in [0.15, 0.2) is 6.29 Å². The number of cyclic esters (lactones) is 1. The molecule has 0 aromatic heterocycles. The molecule has 2 unspecified atom stereocenters. The van der Waals surface area contributed by atoms with Gasteiger partial charge in [-0.15, -0.1) is 0 Å². The lowest BCUT2D eigenvalue weighted by Crippen LogP contribution is -2.60. The van der Waals surface area contributed by atoms with Crippen LogP contribution in [0.5, 0.6) is 0 Å². The molecule has 8 heteroatoms. The van der Waals surface area contributed by atoms with Crippen LogP contribution in [0.15, 0.2) is 0 Å². The largest absolute Gasteiger partial charge is 0.463 e. The van der Waals surface area contributed by atoms with Gasteiger partial charge >= 0.3 is 5.97 Å². The number of carbonyl (C=O) groups excluding carboxylic acids is 1. The van der Waals surface area contributed by atoms with Crippen molar-refractivity contribution in [1.82, 2.24) is 0 Å². The van der Waals surface area contributed by atoms with E-state index in [9.17, 15) is 20.1 Å². The molecule has 2 saturated heterocycles. The first kappa shape index (κ1) is 15.6. The maximum atomic E-state index is 11.4. The second-order valence-electron chi connectivity index (χ2n) is 5.02. The number of ether oxygens (including phenoxy) is 3. The smallest absolute Gasteiger partial charge is 0.311 e. The Labute approximate surface area is 115 Å². The van der Waals surface area contributed by atoms with Crippen molar-refractivity contribution in [2.24, 2.45) is 5.92 Å². The van der Waals surface area contributed by atoms with Crippen LogP contribution in [-0.2, 0) is 19.0 Å². The number of esters is 1. The van der Waals surface area contributed by atoms with Gasteiger partial charge in [-0.3, -0.25) is 4.79 Å². The fourth-order valence-electron chi connectivity index (χ4n) is 2.46. The minimum atomic E-state index is -1.50. The zero-order valence-corrected chi connectivity index (χ0v) is 11.1. The van der Waals surface area contributed by atoms with Gasteiger partial charge in [0, 0.05) is 0 Å². The zero-order valence-electron chi connectivity index (χ0n) is 11.1. The van der Waals surface area contributed by atoms with Gasteiger partial charge in [-0.1, -0.05) is 6.92 Å². The Balaban J connectivity index is 2.02. The van der Waals surface area contributed by atoms with Crippen LogP contribution in [0.1, 0.15) is 13.3 Å². The number of hydrogen-bond donors (Lipinski definition) is 4. The summed E-state index contributed by atoms with van der Waals surface area (Å²) in [7, 11) is 0. The Bertz CT molecular complexity index is 346. The quantitative estimate of drug-likeness (QED) is 0.428. The number of aliphatic hydroxyl groups is 4. The van der Waals surface area contributed by atoms with E-state index in [1.165, 1.54) is 0 Å². The standard InChI is InChI=1S/C12H20O8/c1-2-5-7(4-18-11(5)17)20-12-10(16)9(15)8(14)6(3-13)19-12/h5-10,12-16H,2-4H2,1H3/t5?,6-,7+,8-,9+,10-,12?/m1/s1. The highest BCUT2D eigenvalue weighted by Gasteiger charge is 2.47. The summed E-state index contributed by atoms with van der Waals surface area (Å²) in [5, 5.41) is 38.2. The van der Waals surface area contributed by atoms with E-state index in [1.54, 1.807) is 6.92 Å². The molecule has 2 rings (SSSR count). The summed E-state index contributed by atoms with van der Waals surface area (Å²) in [5.74, 6) is -0.829. The summed E-state index contributed by atoms with van der Waals surface area (Å²) in [6.45, 7) is 1.33. The minimum Gasteiger partial charge on any atom is -0.463 e. The normalized spacial score (nSPS) is 45.5. The fraction of sp³-hybridized carbons (Fsp3) is 0.917. The molecule has 7 atom stereocenters. The number of rotatable bonds is 4. The SMILES string of the molecule is CCC1C(=O)OC[C@@H]1OC1O[C@H](CO)[C@@H](O)[C@H](O)[C@H]1O. The lowest BCUT2D eigenvalue weighted by atomic mass is 9.98. The molecule has 2 heterocycles. The molecule has 4 N–H and O–H groups in total. The molecule has 2 fully saturated rings. The van der Waals surface area contributed by atoms with Gasteiger partial charge in [0.2, 0.25) is 0 Å². The summed E-state index contributed by atoms with van der Waals surface area (Å²) in [6.07, 6.45) is -6.74. The molecule has 0 spiro atoms. The van der Waals surface area contributed by atoms with Crippen molar-refractivity contribution in [2.75, 3.05) is 13.2 Å². The molecule has 0 amide bonds. The van der Waals surface area contributed by atoms with Gasteiger partial charge in [0.25, 0.3) is 0 Å². The van der Waals surface area contributed by atoms with Gasteiger partial charge in [-0.05, 0) is 6.42 Å². The second kappa shape index (κ2) is 6.33. The third kappa shape index (κ3) is 2.80.